The minimum absolute atomic E-state index is 0.118. The molecule has 11 heteroatoms. The van der Waals surface area contributed by atoms with Crippen molar-refractivity contribution in [3.8, 4) is 5.95 Å². The number of carbonyl (C=O) groups is 1. The van der Waals surface area contributed by atoms with Crippen molar-refractivity contribution in [3.05, 3.63) is 6.33 Å². The molecule has 2 aromatic heterocycles. The monoisotopic (exact) mass is 323 g/mol. The average molecular weight is 323 g/mol. The van der Waals surface area contributed by atoms with Crippen LogP contribution in [0.5, 0.6) is 0 Å². The highest BCUT2D eigenvalue weighted by atomic mass is 32.2. The Kier molecular flexibility index (Phi) is 5.47. The van der Waals surface area contributed by atoms with E-state index in [9.17, 15) is 4.79 Å². The second kappa shape index (κ2) is 7.54. The van der Waals surface area contributed by atoms with Gasteiger partial charge in [-0.2, -0.15) is 19.6 Å². The molecule has 0 atom stereocenters. The van der Waals surface area contributed by atoms with Crippen molar-refractivity contribution in [2.75, 3.05) is 29.5 Å². The van der Waals surface area contributed by atoms with Gasteiger partial charge in [0.15, 0.2) is 0 Å². The number of primary amides is 1. The Bertz CT molecular complexity index is 620. The Morgan fingerprint density at radius 1 is 1.23 bits per heavy atom. The molecule has 0 bridgehead atoms. The Morgan fingerprint density at radius 2 is 1.86 bits per heavy atom. The van der Waals surface area contributed by atoms with E-state index < -0.39 is 5.91 Å². The van der Waals surface area contributed by atoms with Crippen LogP contribution >= 0.6 is 11.8 Å². The predicted octanol–water partition coefficient (Wildman–Crippen LogP) is -0.107. The van der Waals surface area contributed by atoms with Gasteiger partial charge in [-0.1, -0.05) is 11.8 Å². The minimum Gasteiger partial charge on any atom is -0.369 e. The van der Waals surface area contributed by atoms with Crippen LogP contribution in [0.1, 0.15) is 13.8 Å². The molecule has 0 saturated carbocycles. The standard InChI is InChI=1S/C11H17N9OS/c1-3-13-8-16-9(14-4-2)18-10(17-8)20-6-15-11(19-20)22-5-7(12)21/h6H,3-5H2,1-2H3,(H2,12,21)(H2,13,14,16,17,18). The molecule has 4 N–H and O–H groups in total. The Balaban J connectivity index is 2.24. The maximum Gasteiger partial charge on any atom is 0.258 e. The van der Waals surface area contributed by atoms with E-state index in [0.717, 1.165) is 11.8 Å². The fourth-order valence-corrected chi connectivity index (χ4v) is 2.03. The summed E-state index contributed by atoms with van der Waals surface area (Å²) in [5.41, 5.74) is 5.09. The number of nitrogens with zero attached hydrogens (tertiary/aromatic N) is 6. The zero-order valence-electron chi connectivity index (χ0n) is 12.3. The summed E-state index contributed by atoms with van der Waals surface area (Å²) in [6.07, 6.45) is 1.48. The molecule has 0 unspecified atom stereocenters. The lowest BCUT2D eigenvalue weighted by Crippen LogP contribution is -2.13. The third kappa shape index (κ3) is 4.28. The van der Waals surface area contributed by atoms with E-state index in [1.54, 1.807) is 0 Å². The van der Waals surface area contributed by atoms with Gasteiger partial charge in [0.25, 0.3) is 5.95 Å². The quantitative estimate of drug-likeness (QED) is 0.568. The zero-order chi connectivity index (χ0) is 15.9. The summed E-state index contributed by atoms with van der Waals surface area (Å²) < 4.78 is 1.42. The number of thioether (sulfide) groups is 1. The van der Waals surface area contributed by atoms with Gasteiger partial charge in [-0.25, -0.2) is 4.98 Å². The van der Waals surface area contributed by atoms with Gasteiger partial charge in [-0.15, -0.1) is 5.10 Å². The Labute approximate surface area is 131 Å². The first-order valence-corrected chi connectivity index (χ1v) is 7.67. The van der Waals surface area contributed by atoms with Gasteiger partial charge in [0.1, 0.15) is 6.33 Å². The second-order valence-corrected chi connectivity index (χ2v) is 5.01. The number of nitrogens with two attached hydrogens (primary N) is 1. The molecule has 0 radical (unpaired) electrons. The van der Waals surface area contributed by atoms with Gasteiger partial charge >= 0.3 is 0 Å². The van der Waals surface area contributed by atoms with Crippen LogP contribution in [-0.4, -0.2) is 54.5 Å². The molecule has 1 amide bonds. The van der Waals surface area contributed by atoms with Crippen molar-refractivity contribution < 1.29 is 4.79 Å². The number of anilines is 2. The first-order valence-electron chi connectivity index (χ1n) is 6.69. The highest BCUT2D eigenvalue weighted by molar-refractivity contribution is 7.99. The van der Waals surface area contributed by atoms with Crippen molar-refractivity contribution >= 4 is 29.6 Å². The first kappa shape index (κ1) is 15.9. The minimum atomic E-state index is -0.426. The number of nitrogens with one attached hydrogen (secondary N) is 2. The van der Waals surface area contributed by atoms with Crippen LogP contribution in [0.25, 0.3) is 5.95 Å². The number of rotatable bonds is 8. The molecule has 2 heterocycles. The van der Waals surface area contributed by atoms with Gasteiger partial charge in [-0.05, 0) is 13.8 Å². The normalized spacial score (nSPS) is 10.5. The molecular formula is C11H17N9OS. The molecule has 2 rings (SSSR count). The van der Waals surface area contributed by atoms with Crippen LogP contribution in [0.2, 0.25) is 0 Å². The van der Waals surface area contributed by atoms with E-state index in [0.29, 0.717) is 36.1 Å². The summed E-state index contributed by atoms with van der Waals surface area (Å²) in [5, 5.41) is 10.7. The van der Waals surface area contributed by atoms with E-state index in [1.807, 2.05) is 13.8 Å². The maximum absolute atomic E-state index is 10.8. The van der Waals surface area contributed by atoms with Gasteiger partial charge in [0.2, 0.25) is 23.0 Å². The van der Waals surface area contributed by atoms with E-state index in [1.165, 1.54) is 11.0 Å². The summed E-state index contributed by atoms with van der Waals surface area (Å²) in [6.45, 7) is 5.27. The highest BCUT2D eigenvalue weighted by Gasteiger charge is 2.11. The number of amides is 1. The summed E-state index contributed by atoms with van der Waals surface area (Å²) in [6, 6.07) is 0. The zero-order valence-corrected chi connectivity index (χ0v) is 13.1. The van der Waals surface area contributed by atoms with Crippen molar-refractivity contribution in [2.24, 2.45) is 5.73 Å². The van der Waals surface area contributed by atoms with Crippen LogP contribution in [0, 0.1) is 0 Å². The number of hydrogen-bond acceptors (Lipinski definition) is 9. The smallest absolute Gasteiger partial charge is 0.258 e. The van der Waals surface area contributed by atoms with Crippen molar-refractivity contribution in [1.29, 1.82) is 0 Å². The molecule has 0 saturated heterocycles. The molecule has 0 fully saturated rings. The summed E-state index contributed by atoms with van der Waals surface area (Å²) >= 11 is 1.15. The molecule has 118 valence electrons. The van der Waals surface area contributed by atoms with Crippen LogP contribution in [-0.2, 0) is 4.79 Å². The summed E-state index contributed by atoms with van der Waals surface area (Å²) in [7, 11) is 0. The van der Waals surface area contributed by atoms with E-state index >= 15 is 0 Å². The van der Waals surface area contributed by atoms with Crippen molar-refractivity contribution in [1.82, 2.24) is 29.7 Å². The molecule has 0 aliphatic carbocycles. The topological polar surface area (TPSA) is 137 Å². The van der Waals surface area contributed by atoms with Gasteiger partial charge < -0.3 is 16.4 Å². The van der Waals surface area contributed by atoms with Crippen LogP contribution < -0.4 is 16.4 Å². The lowest BCUT2D eigenvalue weighted by atomic mass is 10.7. The fourth-order valence-electron chi connectivity index (χ4n) is 1.49. The van der Waals surface area contributed by atoms with Crippen molar-refractivity contribution in [2.45, 2.75) is 19.0 Å². The fraction of sp³-hybridized carbons (Fsp3) is 0.455. The van der Waals surface area contributed by atoms with Gasteiger partial charge in [-0.3, -0.25) is 4.79 Å². The third-order valence-corrected chi connectivity index (χ3v) is 3.19. The number of carbonyl (C=O) groups excluding carboxylic acids is 1. The molecule has 0 spiro atoms. The molecular weight excluding hydrogens is 306 g/mol. The van der Waals surface area contributed by atoms with Gasteiger partial charge in [0.05, 0.1) is 5.75 Å². The maximum atomic E-state index is 10.8. The molecule has 10 nitrogen and oxygen atoms in total. The van der Waals surface area contributed by atoms with E-state index in [-0.39, 0.29) is 5.75 Å². The molecule has 0 aliphatic rings. The number of hydrogen-bond donors (Lipinski definition) is 3. The van der Waals surface area contributed by atoms with Crippen molar-refractivity contribution in [3.63, 3.8) is 0 Å². The van der Waals surface area contributed by atoms with E-state index in [4.69, 9.17) is 5.73 Å². The third-order valence-electron chi connectivity index (χ3n) is 2.31. The summed E-state index contributed by atoms with van der Waals surface area (Å²) in [5.74, 6) is 0.924. The molecule has 22 heavy (non-hydrogen) atoms. The average Bonchev–Trinajstić information content (AvgIpc) is 2.94. The number of aromatic nitrogens is 6. The Morgan fingerprint density at radius 3 is 2.41 bits per heavy atom. The van der Waals surface area contributed by atoms with Crippen LogP contribution in [0.3, 0.4) is 0 Å². The predicted molar refractivity (Wildman–Crippen MR) is 83.0 cm³/mol. The first-order chi connectivity index (χ1) is 10.6. The van der Waals surface area contributed by atoms with Crippen LogP contribution in [0.4, 0.5) is 11.9 Å². The molecule has 0 aromatic carbocycles. The molecule has 0 aliphatic heterocycles. The largest absolute Gasteiger partial charge is 0.369 e. The lowest BCUT2D eigenvalue weighted by molar-refractivity contribution is -0.115. The van der Waals surface area contributed by atoms with E-state index in [2.05, 4.69) is 35.7 Å². The highest BCUT2D eigenvalue weighted by Crippen LogP contribution is 2.13. The SMILES string of the molecule is CCNc1nc(NCC)nc(-n2cnc(SCC(N)=O)n2)n1. The van der Waals surface area contributed by atoms with Crippen LogP contribution in [0.15, 0.2) is 11.5 Å². The Hall–Kier alpha value is -2.43. The molecule has 2 aromatic rings. The van der Waals surface area contributed by atoms with Gasteiger partial charge in [0, 0.05) is 13.1 Å². The lowest BCUT2D eigenvalue weighted by Gasteiger charge is -2.07. The second-order valence-electron chi connectivity index (χ2n) is 4.07. The summed E-state index contributed by atoms with van der Waals surface area (Å²) in [4.78, 5) is 27.6.